The van der Waals surface area contributed by atoms with Crippen LogP contribution >= 0.6 is 0 Å². The van der Waals surface area contributed by atoms with E-state index in [4.69, 9.17) is 0 Å². The van der Waals surface area contributed by atoms with Gasteiger partial charge in [-0.15, -0.1) is 0 Å². The molecule has 1 amide bonds. The molecule has 1 aromatic carbocycles. The second-order valence-electron chi connectivity index (χ2n) is 6.56. The molecule has 2 aliphatic rings. The predicted molar refractivity (Wildman–Crippen MR) is 78.4 cm³/mol. The van der Waals surface area contributed by atoms with Gasteiger partial charge in [0.2, 0.25) is 5.82 Å². The van der Waals surface area contributed by atoms with E-state index >= 15 is 0 Å². The number of nitrogens with zero attached hydrogens (tertiary/aromatic N) is 2. The largest absolute Gasteiger partial charge is 0.439 e. The van der Waals surface area contributed by atoms with E-state index in [1.165, 1.54) is 12.1 Å². The molecule has 1 aliphatic heterocycles. The second-order valence-corrected chi connectivity index (χ2v) is 6.56. The lowest BCUT2D eigenvalue weighted by Crippen LogP contribution is -2.38. The fraction of sp³-hybridized carbons (Fsp3) is 0.438. The van der Waals surface area contributed by atoms with Gasteiger partial charge >= 0.3 is 5.76 Å². The summed E-state index contributed by atoms with van der Waals surface area (Å²) in [4.78, 5) is 27.3. The summed E-state index contributed by atoms with van der Waals surface area (Å²) in [6.07, 6.45) is 2.78. The van der Waals surface area contributed by atoms with Crippen LogP contribution in [0.1, 0.15) is 41.4 Å². The summed E-state index contributed by atoms with van der Waals surface area (Å²) in [6.45, 7) is 0.762. The third kappa shape index (κ3) is 2.24. The third-order valence-electron chi connectivity index (χ3n) is 5.27. The van der Waals surface area contributed by atoms with Crippen LogP contribution in [0.25, 0.3) is 0 Å². The van der Waals surface area contributed by atoms with Crippen LogP contribution in [0.15, 0.2) is 27.5 Å². The van der Waals surface area contributed by atoms with Crippen LogP contribution < -0.4 is 5.76 Å². The van der Waals surface area contributed by atoms with E-state index in [1.54, 1.807) is 4.90 Å². The summed E-state index contributed by atoms with van der Waals surface area (Å²) in [5.74, 6) is -2.81. The molecule has 6 nitrogen and oxygen atoms in total. The van der Waals surface area contributed by atoms with Crippen molar-refractivity contribution in [3.63, 3.8) is 0 Å². The molecule has 2 fully saturated rings. The van der Waals surface area contributed by atoms with Crippen molar-refractivity contribution in [2.24, 2.45) is 5.41 Å². The van der Waals surface area contributed by atoms with Gasteiger partial charge in [0, 0.05) is 25.1 Å². The average molecular weight is 335 g/mol. The van der Waals surface area contributed by atoms with E-state index in [9.17, 15) is 18.4 Å². The number of likely N-dealkylation sites (tertiary alicyclic amines) is 1. The van der Waals surface area contributed by atoms with Crippen LogP contribution in [0.2, 0.25) is 0 Å². The van der Waals surface area contributed by atoms with Crippen molar-refractivity contribution in [2.45, 2.75) is 25.2 Å². The smallest absolute Gasteiger partial charge is 0.335 e. The molecule has 1 atom stereocenters. The van der Waals surface area contributed by atoms with Crippen LogP contribution in [0.5, 0.6) is 0 Å². The summed E-state index contributed by atoms with van der Waals surface area (Å²) in [7, 11) is 0. The zero-order valence-corrected chi connectivity index (χ0v) is 12.7. The number of carbonyl (C=O) groups is 1. The van der Waals surface area contributed by atoms with Gasteiger partial charge in [-0.25, -0.2) is 13.6 Å². The first-order valence-corrected chi connectivity index (χ1v) is 7.79. The number of rotatable bonds is 2. The number of aromatic nitrogens is 2. The van der Waals surface area contributed by atoms with Gasteiger partial charge in [-0.2, -0.15) is 0 Å². The summed E-state index contributed by atoms with van der Waals surface area (Å²) < 4.78 is 31.8. The Morgan fingerprint density at radius 3 is 2.75 bits per heavy atom. The maximum atomic E-state index is 14.2. The maximum absolute atomic E-state index is 14.2. The van der Waals surface area contributed by atoms with E-state index in [0.717, 1.165) is 25.3 Å². The van der Waals surface area contributed by atoms with Gasteiger partial charge < -0.3 is 4.90 Å². The zero-order chi connectivity index (χ0) is 16.9. The van der Waals surface area contributed by atoms with Crippen LogP contribution in [0, 0.1) is 17.0 Å². The third-order valence-corrected chi connectivity index (χ3v) is 5.27. The normalized spacial score (nSPS) is 21.9. The number of carbonyl (C=O) groups excluding carboxylic acids is 1. The van der Waals surface area contributed by atoms with Crippen molar-refractivity contribution in [1.82, 2.24) is 15.0 Å². The number of H-pyrrole nitrogens is 1. The van der Waals surface area contributed by atoms with Crippen molar-refractivity contribution in [1.29, 1.82) is 0 Å². The van der Waals surface area contributed by atoms with Crippen LogP contribution in [-0.2, 0) is 0 Å². The van der Waals surface area contributed by atoms with E-state index in [1.807, 2.05) is 0 Å². The molecule has 0 radical (unpaired) electrons. The first-order valence-electron chi connectivity index (χ1n) is 7.79. The molecular weight excluding hydrogens is 320 g/mol. The Labute approximate surface area is 135 Å². The fourth-order valence-corrected chi connectivity index (χ4v) is 3.95. The average Bonchev–Trinajstić information content (AvgIpc) is 3.10. The molecule has 0 unspecified atom stereocenters. The summed E-state index contributed by atoms with van der Waals surface area (Å²) in [6, 6.07) is 3.58. The number of halogens is 2. The van der Waals surface area contributed by atoms with Crippen molar-refractivity contribution in [3.05, 3.63) is 51.8 Å². The number of aromatic amines is 1. The minimum absolute atomic E-state index is 0.158. The first kappa shape index (κ1) is 15.0. The van der Waals surface area contributed by atoms with Gasteiger partial charge in [-0.3, -0.25) is 14.3 Å². The van der Waals surface area contributed by atoms with E-state index in [-0.39, 0.29) is 17.2 Å². The molecule has 2 aromatic rings. The Hall–Kier alpha value is -2.51. The van der Waals surface area contributed by atoms with Crippen molar-refractivity contribution in [2.75, 3.05) is 13.1 Å². The predicted octanol–water partition coefficient (Wildman–Crippen LogP) is 2.05. The van der Waals surface area contributed by atoms with Gasteiger partial charge in [0.1, 0.15) is 11.6 Å². The lowest BCUT2D eigenvalue weighted by Gasteiger charge is -2.43. The molecule has 1 saturated heterocycles. The molecule has 1 saturated carbocycles. The number of hydrogen-bond acceptors (Lipinski definition) is 4. The highest BCUT2D eigenvalue weighted by Crippen LogP contribution is 2.56. The van der Waals surface area contributed by atoms with Gasteiger partial charge in [-0.05, 0) is 35.0 Å². The molecule has 24 heavy (non-hydrogen) atoms. The number of nitrogens with one attached hydrogen (secondary N) is 1. The van der Waals surface area contributed by atoms with Gasteiger partial charge in [0.05, 0.1) is 0 Å². The van der Waals surface area contributed by atoms with Crippen molar-refractivity contribution in [3.8, 4) is 0 Å². The van der Waals surface area contributed by atoms with E-state index in [2.05, 4.69) is 14.7 Å². The lowest BCUT2D eigenvalue weighted by molar-refractivity contribution is 0.0710. The Morgan fingerprint density at radius 2 is 2.17 bits per heavy atom. The molecule has 4 rings (SSSR count). The molecule has 1 N–H and O–H groups in total. The quantitative estimate of drug-likeness (QED) is 0.911. The highest BCUT2D eigenvalue weighted by molar-refractivity contribution is 5.90. The number of amides is 1. The van der Waals surface area contributed by atoms with Crippen molar-refractivity contribution >= 4 is 5.91 Å². The SMILES string of the molecule is O=C(c1noc(=O)[nH]1)N1C[C@@H](c2ccc(F)cc2F)C2(CCC2)C1. The molecule has 1 aromatic heterocycles. The highest BCUT2D eigenvalue weighted by atomic mass is 19.1. The lowest BCUT2D eigenvalue weighted by atomic mass is 9.61. The Balaban J connectivity index is 1.65. The summed E-state index contributed by atoms with van der Waals surface area (Å²) >= 11 is 0. The summed E-state index contributed by atoms with van der Waals surface area (Å²) in [5.41, 5.74) is 0.235. The molecular formula is C16H15F2N3O3. The fourth-order valence-electron chi connectivity index (χ4n) is 3.95. The number of hydrogen-bond donors (Lipinski definition) is 1. The molecule has 1 aliphatic carbocycles. The summed E-state index contributed by atoms with van der Waals surface area (Å²) in [5, 5.41) is 3.42. The number of benzene rings is 1. The topological polar surface area (TPSA) is 79.2 Å². The Kier molecular flexibility index (Phi) is 3.29. The van der Waals surface area contributed by atoms with Gasteiger partial charge in [0.15, 0.2) is 0 Å². The van der Waals surface area contributed by atoms with E-state index in [0.29, 0.717) is 18.7 Å². The first-order chi connectivity index (χ1) is 11.5. The standard InChI is InChI=1S/C16H15F2N3O3/c17-9-2-3-10(12(18)6-9)11-7-21(8-16(11)4-1-5-16)14(22)13-19-15(23)24-20-13/h2-3,6,11H,1,4-5,7-8H2,(H,19,20,23)/t11-/m0/s1. The van der Waals surface area contributed by atoms with E-state index < -0.39 is 23.3 Å². The Bertz CT molecular complexity index is 856. The molecule has 8 heteroatoms. The van der Waals surface area contributed by atoms with Gasteiger partial charge in [-0.1, -0.05) is 12.5 Å². The van der Waals surface area contributed by atoms with Gasteiger partial charge in [0.25, 0.3) is 5.91 Å². The maximum Gasteiger partial charge on any atom is 0.439 e. The minimum Gasteiger partial charge on any atom is -0.335 e. The molecule has 2 heterocycles. The zero-order valence-electron chi connectivity index (χ0n) is 12.7. The second kappa shape index (κ2) is 5.25. The minimum atomic E-state index is -0.794. The molecule has 0 bridgehead atoms. The Morgan fingerprint density at radius 1 is 1.38 bits per heavy atom. The van der Waals surface area contributed by atoms with Crippen LogP contribution in [-0.4, -0.2) is 34.0 Å². The monoisotopic (exact) mass is 335 g/mol. The molecule has 1 spiro atoms. The molecule has 126 valence electrons. The van der Waals surface area contributed by atoms with Crippen molar-refractivity contribution < 1.29 is 18.1 Å². The van der Waals surface area contributed by atoms with Crippen LogP contribution in [0.3, 0.4) is 0 Å². The highest BCUT2D eigenvalue weighted by Gasteiger charge is 2.52. The van der Waals surface area contributed by atoms with Crippen LogP contribution in [0.4, 0.5) is 8.78 Å².